The molecular formula is C11H19NO4S. The van der Waals surface area contributed by atoms with E-state index in [1.54, 1.807) is 19.3 Å². The lowest BCUT2D eigenvalue weighted by Crippen LogP contribution is -2.35. The lowest BCUT2D eigenvalue weighted by atomic mass is 10.2. The normalized spacial score (nSPS) is 13.8. The summed E-state index contributed by atoms with van der Waals surface area (Å²) in [5, 5.41) is 8.59. The Bertz CT molecular complexity index is 399. The number of aliphatic hydroxyl groups excluding tert-OH is 1. The fourth-order valence-electron chi connectivity index (χ4n) is 1.54. The van der Waals surface area contributed by atoms with E-state index in [-0.39, 0.29) is 18.4 Å². The molecule has 1 aromatic heterocycles. The van der Waals surface area contributed by atoms with Crippen molar-refractivity contribution in [1.29, 1.82) is 0 Å². The highest BCUT2D eigenvalue weighted by Gasteiger charge is 2.15. The van der Waals surface area contributed by atoms with Gasteiger partial charge in [-0.05, 0) is 31.9 Å². The Morgan fingerprint density at radius 2 is 2.24 bits per heavy atom. The number of nitrogens with one attached hydrogen (secondary N) is 1. The van der Waals surface area contributed by atoms with Crippen LogP contribution in [0.4, 0.5) is 0 Å². The maximum atomic E-state index is 11.6. The van der Waals surface area contributed by atoms with Gasteiger partial charge >= 0.3 is 0 Å². The van der Waals surface area contributed by atoms with Crippen molar-refractivity contribution in [2.24, 2.45) is 0 Å². The molecule has 1 rings (SSSR count). The molecule has 98 valence electrons. The molecule has 1 heterocycles. The summed E-state index contributed by atoms with van der Waals surface area (Å²) in [5.74, 6) is 0.811. The largest absolute Gasteiger partial charge is 0.469 e. The summed E-state index contributed by atoms with van der Waals surface area (Å²) in [6.45, 7) is 1.82. The molecule has 0 aromatic carbocycles. The topological polar surface area (TPSA) is 79.5 Å². The number of unbranched alkanes of at least 4 members (excludes halogenated alkanes) is 1. The van der Waals surface area contributed by atoms with E-state index in [1.165, 1.54) is 0 Å². The first-order valence-corrected chi connectivity index (χ1v) is 7.32. The predicted octanol–water partition coefficient (Wildman–Crippen LogP) is 0.903. The Labute approximate surface area is 102 Å². The third kappa shape index (κ3) is 5.86. The summed E-state index contributed by atoms with van der Waals surface area (Å²) >= 11 is 0. The van der Waals surface area contributed by atoms with Gasteiger partial charge in [0, 0.05) is 19.1 Å². The van der Waals surface area contributed by atoms with E-state index in [1.807, 2.05) is 6.07 Å². The van der Waals surface area contributed by atoms with Gasteiger partial charge in [-0.1, -0.05) is 0 Å². The van der Waals surface area contributed by atoms with Crippen LogP contribution in [0.1, 0.15) is 25.5 Å². The van der Waals surface area contributed by atoms with E-state index >= 15 is 0 Å². The minimum atomic E-state index is -3.26. The van der Waals surface area contributed by atoms with E-state index in [4.69, 9.17) is 9.52 Å². The first-order chi connectivity index (χ1) is 8.03. The van der Waals surface area contributed by atoms with Crippen LogP contribution in [-0.4, -0.2) is 31.9 Å². The molecule has 1 unspecified atom stereocenters. The molecule has 0 saturated heterocycles. The minimum Gasteiger partial charge on any atom is -0.469 e. The zero-order chi connectivity index (χ0) is 12.7. The molecule has 2 N–H and O–H groups in total. The lowest BCUT2D eigenvalue weighted by molar-refractivity contribution is 0.287. The molecule has 0 aliphatic heterocycles. The molecule has 0 bridgehead atoms. The first kappa shape index (κ1) is 14.2. The van der Waals surface area contributed by atoms with Crippen molar-refractivity contribution in [3.63, 3.8) is 0 Å². The standard InChI is InChI=1S/C11H19NO4S/c1-10(9-11-5-4-7-16-11)12-17(14,15)8-3-2-6-13/h4-5,7,10,12-13H,2-3,6,8-9H2,1H3. The van der Waals surface area contributed by atoms with Crippen molar-refractivity contribution in [2.45, 2.75) is 32.2 Å². The van der Waals surface area contributed by atoms with Crippen molar-refractivity contribution < 1.29 is 17.9 Å². The van der Waals surface area contributed by atoms with Crippen molar-refractivity contribution >= 4 is 10.0 Å². The second kappa shape index (κ2) is 6.78. The van der Waals surface area contributed by atoms with Gasteiger partial charge in [0.25, 0.3) is 0 Å². The van der Waals surface area contributed by atoms with Crippen molar-refractivity contribution in [2.75, 3.05) is 12.4 Å². The van der Waals surface area contributed by atoms with Crippen LogP contribution >= 0.6 is 0 Å². The molecule has 0 aliphatic carbocycles. The Morgan fingerprint density at radius 3 is 2.82 bits per heavy atom. The predicted molar refractivity (Wildman–Crippen MR) is 65.1 cm³/mol. The number of furan rings is 1. The van der Waals surface area contributed by atoms with Gasteiger partial charge in [0.1, 0.15) is 5.76 Å². The second-order valence-corrected chi connectivity index (χ2v) is 5.93. The number of hydrogen-bond acceptors (Lipinski definition) is 4. The third-order valence-corrected chi connectivity index (χ3v) is 3.88. The lowest BCUT2D eigenvalue weighted by Gasteiger charge is -2.12. The van der Waals surface area contributed by atoms with Gasteiger partial charge in [0.2, 0.25) is 10.0 Å². The summed E-state index contributed by atoms with van der Waals surface area (Å²) in [6.07, 6.45) is 3.08. The van der Waals surface area contributed by atoms with Gasteiger partial charge in [-0.3, -0.25) is 0 Å². The van der Waals surface area contributed by atoms with Crippen LogP contribution in [-0.2, 0) is 16.4 Å². The van der Waals surface area contributed by atoms with Gasteiger partial charge in [-0.15, -0.1) is 0 Å². The van der Waals surface area contributed by atoms with Crippen molar-refractivity contribution in [1.82, 2.24) is 4.72 Å². The fraction of sp³-hybridized carbons (Fsp3) is 0.636. The second-order valence-electron chi connectivity index (χ2n) is 4.05. The first-order valence-electron chi connectivity index (χ1n) is 5.67. The SMILES string of the molecule is CC(Cc1ccco1)NS(=O)(=O)CCCCO. The highest BCUT2D eigenvalue weighted by atomic mass is 32.2. The Kier molecular flexibility index (Phi) is 5.67. The highest BCUT2D eigenvalue weighted by molar-refractivity contribution is 7.89. The highest BCUT2D eigenvalue weighted by Crippen LogP contribution is 2.05. The van der Waals surface area contributed by atoms with Gasteiger partial charge in [-0.25, -0.2) is 13.1 Å². The van der Waals surface area contributed by atoms with Crippen LogP contribution in [0.25, 0.3) is 0 Å². The molecule has 5 nitrogen and oxygen atoms in total. The van der Waals surface area contributed by atoms with Gasteiger partial charge in [-0.2, -0.15) is 0 Å². The van der Waals surface area contributed by atoms with Crippen LogP contribution < -0.4 is 4.72 Å². The summed E-state index contributed by atoms with van der Waals surface area (Å²) in [4.78, 5) is 0. The Morgan fingerprint density at radius 1 is 1.47 bits per heavy atom. The number of aliphatic hydroxyl groups is 1. The molecule has 17 heavy (non-hydrogen) atoms. The molecule has 0 radical (unpaired) electrons. The monoisotopic (exact) mass is 261 g/mol. The van der Waals surface area contributed by atoms with Gasteiger partial charge < -0.3 is 9.52 Å². The smallest absolute Gasteiger partial charge is 0.211 e. The summed E-state index contributed by atoms with van der Waals surface area (Å²) in [6, 6.07) is 3.40. The molecule has 0 amide bonds. The van der Waals surface area contributed by atoms with Crippen molar-refractivity contribution in [3.8, 4) is 0 Å². The Balaban J connectivity index is 2.36. The fourth-order valence-corrected chi connectivity index (χ4v) is 2.94. The van der Waals surface area contributed by atoms with Gasteiger partial charge in [0.05, 0.1) is 12.0 Å². The van der Waals surface area contributed by atoms with Gasteiger partial charge in [0.15, 0.2) is 0 Å². The minimum absolute atomic E-state index is 0.0253. The molecule has 0 spiro atoms. The molecule has 1 aromatic rings. The van der Waals surface area contributed by atoms with Crippen molar-refractivity contribution in [3.05, 3.63) is 24.2 Å². The molecule has 6 heteroatoms. The van der Waals surface area contributed by atoms with E-state index in [9.17, 15) is 8.42 Å². The van der Waals surface area contributed by atoms with Crippen LogP contribution in [0.3, 0.4) is 0 Å². The van der Waals surface area contributed by atoms with E-state index in [0.29, 0.717) is 19.3 Å². The van der Waals surface area contributed by atoms with Crippen LogP contribution in [0.15, 0.2) is 22.8 Å². The van der Waals surface area contributed by atoms with E-state index in [2.05, 4.69) is 4.72 Å². The average molecular weight is 261 g/mol. The molecule has 0 fully saturated rings. The zero-order valence-corrected chi connectivity index (χ0v) is 10.7. The quantitative estimate of drug-likeness (QED) is 0.681. The third-order valence-electron chi connectivity index (χ3n) is 2.29. The summed E-state index contributed by atoms with van der Waals surface area (Å²) in [5.41, 5.74) is 0. The maximum absolute atomic E-state index is 11.6. The summed E-state index contributed by atoms with van der Waals surface area (Å²) in [7, 11) is -3.26. The molecular weight excluding hydrogens is 242 g/mol. The molecule has 1 atom stereocenters. The molecule has 0 aliphatic rings. The van der Waals surface area contributed by atoms with Crippen LogP contribution in [0.2, 0.25) is 0 Å². The van der Waals surface area contributed by atoms with Crippen LogP contribution in [0, 0.1) is 0 Å². The summed E-state index contributed by atoms with van der Waals surface area (Å²) < 4.78 is 31.0. The van der Waals surface area contributed by atoms with E-state index < -0.39 is 10.0 Å². The van der Waals surface area contributed by atoms with Crippen LogP contribution in [0.5, 0.6) is 0 Å². The number of sulfonamides is 1. The number of hydrogen-bond donors (Lipinski definition) is 2. The average Bonchev–Trinajstić information content (AvgIpc) is 2.69. The number of rotatable bonds is 8. The Hall–Kier alpha value is -0.850. The van der Waals surface area contributed by atoms with E-state index in [0.717, 1.165) is 5.76 Å². The maximum Gasteiger partial charge on any atom is 0.211 e. The molecule has 0 saturated carbocycles. The zero-order valence-electron chi connectivity index (χ0n) is 9.93.